The van der Waals surface area contributed by atoms with Gasteiger partial charge in [0.15, 0.2) is 0 Å². The molecule has 1 unspecified atom stereocenters. The molecule has 2 rings (SSSR count). The van der Waals surface area contributed by atoms with Gasteiger partial charge in [-0.15, -0.1) is 0 Å². The molecule has 0 aromatic carbocycles. The number of amides is 1. The van der Waals surface area contributed by atoms with E-state index in [0.29, 0.717) is 18.1 Å². The summed E-state index contributed by atoms with van der Waals surface area (Å²) >= 11 is 9.36. The highest BCUT2D eigenvalue weighted by Crippen LogP contribution is 2.28. The Hall–Kier alpha value is -0.850. The van der Waals surface area contributed by atoms with Gasteiger partial charge in [-0.2, -0.15) is 0 Å². The molecule has 0 bridgehead atoms. The summed E-state index contributed by atoms with van der Waals surface area (Å²) in [6.07, 6.45) is 1.60. The second-order valence-corrected chi connectivity index (χ2v) is 5.56. The predicted molar refractivity (Wildman–Crippen MR) is 79.6 cm³/mol. The van der Waals surface area contributed by atoms with Gasteiger partial charge in [0.25, 0.3) is 0 Å². The number of carbonyl (C=O) groups is 1. The molecule has 19 heavy (non-hydrogen) atoms. The molecule has 1 atom stereocenters. The van der Waals surface area contributed by atoms with Gasteiger partial charge in [0.05, 0.1) is 9.50 Å². The monoisotopic (exact) mass is 346 g/mol. The lowest BCUT2D eigenvalue weighted by Gasteiger charge is -2.36. The molecule has 1 amide bonds. The molecule has 1 aromatic rings. The summed E-state index contributed by atoms with van der Waals surface area (Å²) in [4.78, 5) is 18.4. The van der Waals surface area contributed by atoms with E-state index in [1.165, 1.54) is 0 Å². The summed E-state index contributed by atoms with van der Waals surface area (Å²) < 4.78 is 0.802. The van der Waals surface area contributed by atoms with Crippen LogP contribution in [0.25, 0.3) is 0 Å². The molecular weight excluding hydrogens is 332 g/mol. The lowest BCUT2D eigenvalue weighted by molar-refractivity contribution is -0.122. The standard InChI is InChI=1S/C12H16BrClN4O/c1-2-16-12(19)10-7-15-3-4-18(10)11-9(13)5-8(14)6-17-11/h5-6,10,15H,2-4,7H2,1H3,(H,16,19). The van der Waals surface area contributed by atoms with Gasteiger partial charge in [-0.3, -0.25) is 4.79 Å². The molecule has 1 aliphatic heterocycles. The van der Waals surface area contributed by atoms with Crippen molar-refractivity contribution in [3.8, 4) is 0 Å². The molecule has 104 valence electrons. The topological polar surface area (TPSA) is 57.3 Å². The van der Waals surface area contributed by atoms with E-state index in [2.05, 4.69) is 31.5 Å². The average molecular weight is 348 g/mol. The normalized spacial score (nSPS) is 19.3. The number of halogens is 2. The van der Waals surface area contributed by atoms with E-state index in [4.69, 9.17) is 11.6 Å². The molecule has 0 saturated carbocycles. The van der Waals surface area contributed by atoms with Gasteiger partial charge >= 0.3 is 0 Å². The first-order valence-electron chi connectivity index (χ1n) is 6.19. The minimum absolute atomic E-state index is 0.0124. The van der Waals surface area contributed by atoms with Crippen LogP contribution in [0.2, 0.25) is 5.02 Å². The number of nitrogens with one attached hydrogen (secondary N) is 2. The van der Waals surface area contributed by atoms with Crippen molar-refractivity contribution in [2.45, 2.75) is 13.0 Å². The molecule has 0 aliphatic carbocycles. The van der Waals surface area contributed by atoms with E-state index in [0.717, 1.165) is 23.4 Å². The number of hydrogen-bond acceptors (Lipinski definition) is 4. The second-order valence-electron chi connectivity index (χ2n) is 4.27. The van der Waals surface area contributed by atoms with Crippen molar-refractivity contribution in [3.05, 3.63) is 21.8 Å². The van der Waals surface area contributed by atoms with Crippen LogP contribution >= 0.6 is 27.5 Å². The number of rotatable bonds is 3. The zero-order valence-corrected chi connectivity index (χ0v) is 13.0. The third kappa shape index (κ3) is 3.38. The van der Waals surface area contributed by atoms with Crippen molar-refractivity contribution in [2.24, 2.45) is 0 Å². The SMILES string of the molecule is CCNC(=O)C1CNCCN1c1ncc(Cl)cc1Br. The first kappa shape index (κ1) is 14.6. The summed E-state index contributed by atoms with van der Waals surface area (Å²) in [5.74, 6) is 0.764. The first-order valence-corrected chi connectivity index (χ1v) is 7.36. The third-order valence-corrected chi connectivity index (χ3v) is 3.75. The summed E-state index contributed by atoms with van der Waals surface area (Å²) in [6.45, 7) is 4.71. The zero-order chi connectivity index (χ0) is 13.8. The lowest BCUT2D eigenvalue weighted by atomic mass is 10.1. The van der Waals surface area contributed by atoms with Crippen molar-refractivity contribution >= 4 is 39.3 Å². The minimum atomic E-state index is -0.251. The lowest BCUT2D eigenvalue weighted by Crippen LogP contribution is -2.58. The van der Waals surface area contributed by atoms with Crippen LogP contribution in [0.15, 0.2) is 16.7 Å². The van der Waals surface area contributed by atoms with Crippen LogP contribution in [0.1, 0.15) is 6.92 Å². The van der Waals surface area contributed by atoms with Gasteiger partial charge < -0.3 is 15.5 Å². The van der Waals surface area contributed by atoms with Crippen molar-refractivity contribution in [2.75, 3.05) is 31.1 Å². The van der Waals surface area contributed by atoms with Gasteiger partial charge in [-0.25, -0.2) is 4.98 Å². The summed E-state index contributed by atoms with van der Waals surface area (Å²) in [5.41, 5.74) is 0. The highest BCUT2D eigenvalue weighted by molar-refractivity contribution is 9.10. The number of hydrogen-bond donors (Lipinski definition) is 2. The summed E-state index contributed by atoms with van der Waals surface area (Å²) in [5, 5.41) is 6.66. The van der Waals surface area contributed by atoms with Crippen molar-refractivity contribution in [3.63, 3.8) is 0 Å². The number of anilines is 1. The van der Waals surface area contributed by atoms with Crippen LogP contribution in [0.3, 0.4) is 0 Å². The highest BCUT2D eigenvalue weighted by atomic mass is 79.9. The predicted octanol–water partition coefficient (Wildman–Crippen LogP) is 1.41. The maximum atomic E-state index is 12.1. The van der Waals surface area contributed by atoms with Gasteiger partial charge in [0, 0.05) is 32.4 Å². The Morgan fingerprint density at radius 3 is 3.21 bits per heavy atom. The highest BCUT2D eigenvalue weighted by Gasteiger charge is 2.30. The van der Waals surface area contributed by atoms with Crippen LogP contribution in [0.5, 0.6) is 0 Å². The Kier molecular flexibility index (Phi) is 5.01. The van der Waals surface area contributed by atoms with Crippen LogP contribution in [-0.4, -0.2) is 43.1 Å². The fraction of sp³-hybridized carbons (Fsp3) is 0.500. The Labute approximate surface area is 125 Å². The second kappa shape index (κ2) is 6.54. The molecule has 5 nitrogen and oxygen atoms in total. The Morgan fingerprint density at radius 2 is 2.53 bits per heavy atom. The largest absolute Gasteiger partial charge is 0.355 e. The first-order chi connectivity index (χ1) is 9.13. The Balaban J connectivity index is 2.26. The van der Waals surface area contributed by atoms with Gasteiger partial charge in [0.2, 0.25) is 5.91 Å². The number of piperazine rings is 1. The van der Waals surface area contributed by atoms with E-state index < -0.39 is 0 Å². The molecule has 7 heteroatoms. The molecule has 1 aromatic heterocycles. The smallest absolute Gasteiger partial charge is 0.244 e. The van der Waals surface area contributed by atoms with Crippen LogP contribution in [-0.2, 0) is 4.79 Å². The zero-order valence-electron chi connectivity index (χ0n) is 10.6. The molecule has 2 N–H and O–H groups in total. The number of aromatic nitrogens is 1. The molecule has 1 aliphatic rings. The molecule has 1 fully saturated rings. The van der Waals surface area contributed by atoms with Crippen LogP contribution < -0.4 is 15.5 Å². The number of carbonyl (C=O) groups excluding carboxylic acids is 1. The number of pyridine rings is 1. The maximum absolute atomic E-state index is 12.1. The van der Waals surface area contributed by atoms with E-state index in [9.17, 15) is 4.79 Å². The van der Waals surface area contributed by atoms with Gasteiger partial charge in [-0.05, 0) is 28.9 Å². The molecule has 0 radical (unpaired) electrons. The van der Waals surface area contributed by atoms with Gasteiger partial charge in [0.1, 0.15) is 11.9 Å². The van der Waals surface area contributed by atoms with E-state index in [1.807, 2.05) is 11.8 Å². The van der Waals surface area contributed by atoms with E-state index in [1.54, 1.807) is 12.3 Å². The quantitative estimate of drug-likeness (QED) is 0.868. The molecule has 0 spiro atoms. The summed E-state index contributed by atoms with van der Waals surface area (Å²) in [6, 6.07) is 1.54. The van der Waals surface area contributed by atoms with Crippen LogP contribution in [0.4, 0.5) is 5.82 Å². The molecule has 1 saturated heterocycles. The fourth-order valence-electron chi connectivity index (χ4n) is 2.10. The number of likely N-dealkylation sites (N-methyl/N-ethyl adjacent to an activating group) is 1. The van der Waals surface area contributed by atoms with E-state index in [-0.39, 0.29) is 11.9 Å². The minimum Gasteiger partial charge on any atom is -0.355 e. The van der Waals surface area contributed by atoms with Gasteiger partial charge in [-0.1, -0.05) is 11.6 Å². The third-order valence-electron chi connectivity index (χ3n) is 2.96. The summed E-state index contributed by atoms with van der Waals surface area (Å²) in [7, 11) is 0. The molecular formula is C12H16BrClN4O. The van der Waals surface area contributed by atoms with Crippen molar-refractivity contribution in [1.82, 2.24) is 15.6 Å². The maximum Gasteiger partial charge on any atom is 0.244 e. The van der Waals surface area contributed by atoms with Crippen molar-refractivity contribution in [1.29, 1.82) is 0 Å². The van der Waals surface area contributed by atoms with Crippen molar-refractivity contribution < 1.29 is 4.79 Å². The Bertz CT molecular complexity index is 471. The number of nitrogens with zero attached hydrogens (tertiary/aromatic N) is 2. The fourth-order valence-corrected chi connectivity index (χ4v) is 2.97. The Morgan fingerprint density at radius 1 is 1.74 bits per heavy atom. The van der Waals surface area contributed by atoms with E-state index >= 15 is 0 Å². The van der Waals surface area contributed by atoms with Crippen LogP contribution in [0, 0.1) is 0 Å². The molecule has 2 heterocycles. The average Bonchev–Trinajstić information content (AvgIpc) is 2.39.